The summed E-state index contributed by atoms with van der Waals surface area (Å²) < 4.78 is 43.6. The summed E-state index contributed by atoms with van der Waals surface area (Å²) in [4.78, 5) is 23.7. The summed E-state index contributed by atoms with van der Waals surface area (Å²) in [6.07, 6.45) is 2.63. The minimum atomic E-state index is -2.93. The second-order valence-electron chi connectivity index (χ2n) is 5.50. The summed E-state index contributed by atoms with van der Waals surface area (Å²) in [5, 5.41) is 2.47. The minimum absolute atomic E-state index is 0.0393. The molecule has 9 heteroatoms. The number of amides is 1. The standard InChI is InChI=1S/C20H19F2NO6/c1-26-16-8-9-17(27-2)13(11-16)3-10-19(25)28-12-18(24)23-14-4-6-15(7-5-14)29-20(21)22/h3-11,20H,12H2,1-2H3,(H,23,24). The molecule has 0 saturated carbocycles. The highest BCUT2D eigenvalue weighted by Gasteiger charge is 2.08. The lowest BCUT2D eigenvalue weighted by molar-refractivity contribution is -0.142. The number of hydrogen-bond donors (Lipinski definition) is 1. The Balaban J connectivity index is 1.85. The predicted octanol–water partition coefficient (Wildman–Crippen LogP) is 3.50. The van der Waals surface area contributed by atoms with E-state index in [1.54, 1.807) is 18.2 Å². The number of alkyl halides is 2. The quantitative estimate of drug-likeness (QED) is 0.506. The van der Waals surface area contributed by atoms with Crippen molar-refractivity contribution in [1.82, 2.24) is 0 Å². The average Bonchev–Trinajstić information content (AvgIpc) is 2.71. The molecule has 1 N–H and O–H groups in total. The van der Waals surface area contributed by atoms with Gasteiger partial charge in [0.25, 0.3) is 5.91 Å². The Kier molecular flexibility index (Phi) is 7.96. The number of nitrogens with one attached hydrogen (secondary N) is 1. The first-order valence-corrected chi connectivity index (χ1v) is 8.33. The zero-order chi connectivity index (χ0) is 21.2. The molecule has 0 aliphatic carbocycles. The van der Waals surface area contributed by atoms with Gasteiger partial charge in [0, 0.05) is 17.3 Å². The zero-order valence-corrected chi connectivity index (χ0v) is 15.7. The number of benzene rings is 2. The molecule has 2 aromatic rings. The Labute approximate surface area is 165 Å². The van der Waals surface area contributed by atoms with Crippen molar-refractivity contribution < 1.29 is 37.3 Å². The number of ether oxygens (including phenoxy) is 4. The van der Waals surface area contributed by atoms with E-state index in [4.69, 9.17) is 14.2 Å². The average molecular weight is 407 g/mol. The van der Waals surface area contributed by atoms with E-state index >= 15 is 0 Å². The Morgan fingerprint density at radius 2 is 1.72 bits per heavy atom. The van der Waals surface area contributed by atoms with E-state index in [0.717, 1.165) is 6.08 Å². The molecule has 2 rings (SSSR count). The van der Waals surface area contributed by atoms with Gasteiger partial charge in [-0.15, -0.1) is 0 Å². The fourth-order valence-electron chi connectivity index (χ4n) is 2.23. The van der Waals surface area contributed by atoms with Crippen molar-refractivity contribution in [2.24, 2.45) is 0 Å². The Morgan fingerprint density at radius 3 is 2.34 bits per heavy atom. The molecule has 154 valence electrons. The van der Waals surface area contributed by atoms with Crippen molar-refractivity contribution in [3.8, 4) is 17.2 Å². The van der Waals surface area contributed by atoms with Crippen LogP contribution in [0.4, 0.5) is 14.5 Å². The lowest BCUT2D eigenvalue weighted by atomic mass is 10.1. The largest absolute Gasteiger partial charge is 0.497 e. The van der Waals surface area contributed by atoms with Crippen molar-refractivity contribution in [3.63, 3.8) is 0 Å². The molecule has 0 heterocycles. The topological polar surface area (TPSA) is 83.1 Å². The molecule has 7 nitrogen and oxygen atoms in total. The van der Waals surface area contributed by atoms with Gasteiger partial charge in [-0.25, -0.2) is 4.79 Å². The smallest absolute Gasteiger partial charge is 0.387 e. The van der Waals surface area contributed by atoms with Crippen molar-refractivity contribution in [1.29, 1.82) is 0 Å². The second-order valence-corrected chi connectivity index (χ2v) is 5.50. The molecule has 0 unspecified atom stereocenters. The SMILES string of the molecule is COc1ccc(OC)c(C=CC(=O)OCC(=O)Nc2ccc(OC(F)F)cc2)c1. The fraction of sp³-hybridized carbons (Fsp3) is 0.200. The van der Waals surface area contributed by atoms with Crippen LogP contribution in [-0.4, -0.2) is 39.3 Å². The number of carbonyl (C=O) groups excluding carboxylic acids is 2. The molecule has 29 heavy (non-hydrogen) atoms. The maximum Gasteiger partial charge on any atom is 0.387 e. The van der Waals surface area contributed by atoms with Gasteiger partial charge >= 0.3 is 12.6 Å². The van der Waals surface area contributed by atoms with Gasteiger partial charge in [-0.05, 0) is 48.5 Å². The highest BCUT2D eigenvalue weighted by molar-refractivity contribution is 5.94. The van der Waals surface area contributed by atoms with Gasteiger partial charge in [0.1, 0.15) is 17.2 Å². The zero-order valence-electron chi connectivity index (χ0n) is 15.7. The third-order valence-electron chi connectivity index (χ3n) is 3.54. The lowest BCUT2D eigenvalue weighted by Gasteiger charge is -2.08. The number of hydrogen-bond acceptors (Lipinski definition) is 6. The molecule has 0 bridgehead atoms. The molecule has 2 aromatic carbocycles. The van der Waals surface area contributed by atoms with Crippen molar-refractivity contribution in [3.05, 3.63) is 54.1 Å². The molecule has 0 aromatic heterocycles. The molecule has 0 spiro atoms. The molecule has 0 atom stereocenters. The van der Waals surface area contributed by atoms with Crippen LogP contribution >= 0.6 is 0 Å². The van der Waals surface area contributed by atoms with Crippen LogP contribution in [0.3, 0.4) is 0 Å². The monoisotopic (exact) mass is 407 g/mol. The number of anilines is 1. The summed E-state index contributed by atoms with van der Waals surface area (Å²) in [6.45, 7) is -3.45. The Bertz CT molecular complexity index is 868. The van der Waals surface area contributed by atoms with Gasteiger partial charge < -0.3 is 24.3 Å². The van der Waals surface area contributed by atoms with Crippen LogP contribution in [0.25, 0.3) is 6.08 Å². The second kappa shape index (κ2) is 10.6. The van der Waals surface area contributed by atoms with Crippen LogP contribution in [0.5, 0.6) is 17.2 Å². The number of methoxy groups -OCH3 is 2. The number of esters is 1. The van der Waals surface area contributed by atoms with E-state index in [1.165, 1.54) is 44.6 Å². The third kappa shape index (κ3) is 7.13. The van der Waals surface area contributed by atoms with Gasteiger partial charge in [-0.2, -0.15) is 8.78 Å². The summed E-state index contributed by atoms with van der Waals surface area (Å²) in [6, 6.07) is 10.4. The van der Waals surface area contributed by atoms with Gasteiger partial charge in [-0.3, -0.25) is 4.79 Å². The molecule has 0 radical (unpaired) electrons. The molecular formula is C20H19F2NO6. The number of rotatable bonds is 9. The first-order valence-electron chi connectivity index (χ1n) is 8.33. The van der Waals surface area contributed by atoms with E-state index in [9.17, 15) is 18.4 Å². The van der Waals surface area contributed by atoms with Crippen LogP contribution in [0.2, 0.25) is 0 Å². The summed E-state index contributed by atoms with van der Waals surface area (Å²) in [5.74, 6) is -0.239. The number of halogens is 2. The molecular weight excluding hydrogens is 388 g/mol. The summed E-state index contributed by atoms with van der Waals surface area (Å²) >= 11 is 0. The van der Waals surface area contributed by atoms with Crippen LogP contribution in [0.15, 0.2) is 48.5 Å². The van der Waals surface area contributed by atoms with Crippen molar-refractivity contribution >= 4 is 23.6 Å². The summed E-state index contributed by atoms with van der Waals surface area (Å²) in [7, 11) is 3.01. The van der Waals surface area contributed by atoms with Gasteiger partial charge in [0.05, 0.1) is 14.2 Å². The van der Waals surface area contributed by atoms with Crippen LogP contribution in [0.1, 0.15) is 5.56 Å². The third-order valence-corrected chi connectivity index (χ3v) is 3.54. The van der Waals surface area contributed by atoms with Gasteiger partial charge in [-0.1, -0.05) is 0 Å². The predicted molar refractivity (Wildman–Crippen MR) is 101 cm³/mol. The van der Waals surface area contributed by atoms with Gasteiger partial charge in [0.2, 0.25) is 0 Å². The highest BCUT2D eigenvalue weighted by Crippen LogP contribution is 2.25. The van der Waals surface area contributed by atoms with Crippen LogP contribution in [0, 0.1) is 0 Å². The van der Waals surface area contributed by atoms with E-state index in [-0.39, 0.29) is 5.75 Å². The highest BCUT2D eigenvalue weighted by atomic mass is 19.3. The first kappa shape index (κ1) is 21.7. The molecule has 0 aliphatic heterocycles. The van der Waals surface area contributed by atoms with Crippen LogP contribution < -0.4 is 19.5 Å². The molecule has 1 amide bonds. The first-order chi connectivity index (χ1) is 13.9. The maximum absolute atomic E-state index is 12.1. The normalized spacial score (nSPS) is 10.7. The van der Waals surface area contributed by atoms with E-state index in [0.29, 0.717) is 22.7 Å². The number of carbonyl (C=O) groups is 2. The Morgan fingerprint density at radius 1 is 1.03 bits per heavy atom. The van der Waals surface area contributed by atoms with Crippen molar-refractivity contribution in [2.45, 2.75) is 6.61 Å². The maximum atomic E-state index is 12.1. The lowest BCUT2D eigenvalue weighted by Crippen LogP contribution is -2.20. The van der Waals surface area contributed by atoms with Crippen LogP contribution in [-0.2, 0) is 14.3 Å². The molecule has 0 saturated heterocycles. The molecule has 0 fully saturated rings. The Hall–Kier alpha value is -3.62. The minimum Gasteiger partial charge on any atom is -0.497 e. The van der Waals surface area contributed by atoms with E-state index in [1.807, 2.05) is 0 Å². The summed E-state index contributed by atoms with van der Waals surface area (Å²) in [5.41, 5.74) is 0.934. The molecule has 0 aliphatic rings. The van der Waals surface area contributed by atoms with Gasteiger partial charge in [0.15, 0.2) is 6.61 Å². The van der Waals surface area contributed by atoms with E-state index < -0.39 is 25.1 Å². The van der Waals surface area contributed by atoms with Crippen molar-refractivity contribution in [2.75, 3.05) is 26.1 Å². The van der Waals surface area contributed by atoms with E-state index in [2.05, 4.69) is 10.1 Å². The fourth-order valence-corrected chi connectivity index (χ4v) is 2.23.